The van der Waals surface area contributed by atoms with Gasteiger partial charge in [-0.2, -0.15) is 0 Å². The van der Waals surface area contributed by atoms with E-state index in [0.29, 0.717) is 16.2 Å². The SMILES string of the molecule is O=Cc1sc(-c2cccnc2)nc1Cl. The molecule has 2 aromatic rings. The third-order valence-corrected chi connectivity index (χ3v) is 3.06. The highest BCUT2D eigenvalue weighted by molar-refractivity contribution is 7.17. The Morgan fingerprint density at radius 3 is 2.93 bits per heavy atom. The monoisotopic (exact) mass is 224 g/mol. The van der Waals surface area contributed by atoms with E-state index in [0.717, 1.165) is 5.56 Å². The fraction of sp³-hybridized carbons (Fsp3) is 0. The number of rotatable bonds is 2. The molecule has 0 amide bonds. The van der Waals surface area contributed by atoms with Crippen LogP contribution in [0.4, 0.5) is 0 Å². The molecule has 14 heavy (non-hydrogen) atoms. The maximum Gasteiger partial charge on any atom is 0.163 e. The molecule has 0 bridgehead atoms. The summed E-state index contributed by atoms with van der Waals surface area (Å²) < 4.78 is 0. The molecule has 0 atom stereocenters. The van der Waals surface area contributed by atoms with Crippen molar-refractivity contribution in [3.05, 3.63) is 34.6 Å². The molecule has 2 heterocycles. The Morgan fingerprint density at radius 2 is 2.36 bits per heavy atom. The number of pyridine rings is 1. The second kappa shape index (κ2) is 3.86. The van der Waals surface area contributed by atoms with Crippen molar-refractivity contribution in [2.75, 3.05) is 0 Å². The molecule has 3 nitrogen and oxygen atoms in total. The highest BCUT2D eigenvalue weighted by Gasteiger charge is 2.09. The van der Waals surface area contributed by atoms with E-state index in [-0.39, 0.29) is 5.15 Å². The highest BCUT2D eigenvalue weighted by Crippen LogP contribution is 2.28. The second-order valence-electron chi connectivity index (χ2n) is 2.53. The van der Waals surface area contributed by atoms with Crippen LogP contribution >= 0.6 is 22.9 Å². The van der Waals surface area contributed by atoms with Crippen LogP contribution < -0.4 is 0 Å². The van der Waals surface area contributed by atoms with E-state index in [1.54, 1.807) is 12.4 Å². The molecule has 0 N–H and O–H groups in total. The number of carbonyl (C=O) groups is 1. The number of carbonyl (C=O) groups excluding carboxylic acids is 1. The maximum atomic E-state index is 10.5. The minimum atomic E-state index is 0.254. The summed E-state index contributed by atoms with van der Waals surface area (Å²) in [5, 5.41) is 0.967. The number of aldehydes is 1. The van der Waals surface area contributed by atoms with E-state index >= 15 is 0 Å². The van der Waals surface area contributed by atoms with Crippen molar-refractivity contribution < 1.29 is 4.79 Å². The summed E-state index contributed by atoms with van der Waals surface area (Å²) in [6, 6.07) is 3.68. The maximum absolute atomic E-state index is 10.5. The number of halogens is 1. The van der Waals surface area contributed by atoms with E-state index in [2.05, 4.69) is 9.97 Å². The van der Waals surface area contributed by atoms with Crippen molar-refractivity contribution in [2.24, 2.45) is 0 Å². The zero-order valence-corrected chi connectivity index (χ0v) is 8.55. The number of hydrogen-bond donors (Lipinski definition) is 0. The van der Waals surface area contributed by atoms with E-state index in [1.807, 2.05) is 12.1 Å². The van der Waals surface area contributed by atoms with Crippen molar-refractivity contribution >= 4 is 29.2 Å². The third-order valence-electron chi connectivity index (χ3n) is 1.63. The highest BCUT2D eigenvalue weighted by atomic mass is 35.5. The van der Waals surface area contributed by atoms with Gasteiger partial charge in [0.15, 0.2) is 11.4 Å². The summed E-state index contributed by atoms with van der Waals surface area (Å²) in [6.07, 6.45) is 4.07. The van der Waals surface area contributed by atoms with Crippen molar-refractivity contribution in [2.45, 2.75) is 0 Å². The first-order valence-corrected chi connectivity index (χ1v) is 5.02. The van der Waals surface area contributed by atoms with Gasteiger partial charge in [0.1, 0.15) is 9.88 Å². The molecule has 0 fully saturated rings. The van der Waals surface area contributed by atoms with E-state index in [1.165, 1.54) is 11.3 Å². The lowest BCUT2D eigenvalue weighted by molar-refractivity contribution is 0.112. The van der Waals surface area contributed by atoms with Crippen LogP contribution in [0.25, 0.3) is 10.6 Å². The van der Waals surface area contributed by atoms with Gasteiger partial charge in [-0.05, 0) is 12.1 Å². The van der Waals surface area contributed by atoms with Crippen LogP contribution in [0.1, 0.15) is 9.67 Å². The van der Waals surface area contributed by atoms with Gasteiger partial charge in [-0.3, -0.25) is 9.78 Å². The summed E-state index contributed by atoms with van der Waals surface area (Å²) >= 11 is 7.00. The van der Waals surface area contributed by atoms with Crippen LogP contribution in [0.15, 0.2) is 24.5 Å². The molecule has 0 spiro atoms. The summed E-state index contributed by atoms with van der Waals surface area (Å²) in [4.78, 5) is 19.0. The Labute approximate surface area is 89.4 Å². The topological polar surface area (TPSA) is 42.9 Å². The minimum absolute atomic E-state index is 0.254. The Hall–Kier alpha value is -1.26. The van der Waals surface area contributed by atoms with Gasteiger partial charge in [0.05, 0.1) is 0 Å². The molecule has 0 unspecified atom stereocenters. The average molecular weight is 225 g/mol. The molecule has 0 aliphatic heterocycles. The van der Waals surface area contributed by atoms with Gasteiger partial charge >= 0.3 is 0 Å². The molecule has 0 aliphatic rings. The van der Waals surface area contributed by atoms with Gasteiger partial charge in [-0.1, -0.05) is 11.6 Å². The van der Waals surface area contributed by atoms with Crippen LogP contribution in [0.2, 0.25) is 5.15 Å². The number of nitrogens with zero attached hydrogens (tertiary/aromatic N) is 2. The summed E-state index contributed by atoms with van der Waals surface area (Å²) in [5.74, 6) is 0. The molecule has 2 rings (SSSR count). The Kier molecular flexibility index (Phi) is 2.56. The second-order valence-corrected chi connectivity index (χ2v) is 3.92. The van der Waals surface area contributed by atoms with Gasteiger partial charge in [-0.25, -0.2) is 4.98 Å². The largest absolute Gasteiger partial charge is 0.297 e. The van der Waals surface area contributed by atoms with E-state index in [9.17, 15) is 4.79 Å². The molecule has 0 aliphatic carbocycles. The molecule has 5 heteroatoms. The predicted octanol–water partition coefficient (Wildman–Crippen LogP) is 2.67. The summed E-state index contributed by atoms with van der Waals surface area (Å²) in [5.41, 5.74) is 0.868. The van der Waals surface area contributed by atoms with E-state index in [4.69, 9.17) is 11.6 Å². The average Bonchev–Trinajstić information content (AvgIpc) is 2.61. The number of thiazole rings is 1. The first kappa shape index (κ1) is 9.30. The Balaban J connectivity index is 2.48. The zero-order chi connectivity index (χ0) is 9.97. The molecule has 0 aromatic carbocycles. The zero-order valence-electron chi connectivity index (χ0n) is 6.98. The number of hydrogen-bond acceptors (Lipinski definition) is 4. The van der Waals surface area contributed by atoms with Gasteiger partial charge < -0.3 is 0 Å². The fourth-order valence-electron chi connectivity index (χ4n) is 0.999. The van der Waals surface area contributed by atoms with Crippen molar-refractivity contribution in [1.29, 1.82) is 0 Å². The fourth-order valence-corrected chi connectivity index (χ4v) is 2.06. The molecule has 2 aromatic heterocycles. The predicted molar refractivity (Wildman–Crippen MR) is 55.7 cm³/mol. The third kappa shape index (κ3) is 1.66. The molecule has 0 radical (unpaired) electrons. The van der Waals surface area contributed by atoms with Gasteiger partial charge in [0.2, 0.25) is 0 Å². The minimum Gasteiger partial charge on any atom is -0.297 e. The molecule has 0 saturated carbocycles. The van der Waals surface area contributed by atoms with Gasteiger partial charge in [-0.15, -0.1) is 11.3 Å². The quantitative estimate of drug-likeness (QED) is 0.737. The normalized spacial score (nSPS) is 10.1. The van der Waals surface area contributed by atoms with Crippen molar-refractivity contribution in [1.82, 2.24) is 9.97 Å². The Bertz CT molecular complexity index is 455. The van der Waals surface area contributed by atoms with Crippen LogP contribution in [0, 0.1) is 0 Å². The Morgan fingerprint density at radius 1 is 1.50 bits per heavy atom. The van der Waals surface area contributed by atoms with E-state index < -0.39 is 0 Å². The lowest BCUT2D eigenvalue weighted by atomic mass is 10.3. The van der Waals surface area contributed by atoms with Crippen molar-refractivity contribution in [3.8, 4) is 10.6 Å². The first-order valence-electron chi connectivity index (χ1n) is 3.83. The van der Waals surface area contributed by atoms with Gasteiger partial charge in [0, 0.05) is 18.0 Å². The lowest BCUT2D eigenvalue weighted by Gasteiger charge is -1.91. The number of aromatic nitrogens is 2. The van der Waals surface area contributed by atoms with Crippen LogP contribution in [-0.2, 0) is 0 Å². The lowest BCUT2D eigenvalue weighted by Crippen LogP contribution is -1.76. The van der Waals surface area contributed by atoms with Crippen LogP contribution in [0.5, 0.6) is 0 Å². The van der Waals surface area contributed by atoms with Crippen molar-refractivity contribution in [3.63, 3.8) is 0 Å². The smallest absolute Gasteiger partial charge is 0.163 e. The summed E-state index contributed by atoms with van der Waals surface area (Å²) in [6.45, 7) is 0. The van der Waals surface area contributed by atoms with Crippen LogP contribution in [0.3, 0.4) is 0 Å². The first-order chi connectivity index (χ1) is 6.81. The van der Waals surface area contributed by atoms with Gasteiger partial charge in [0.25, 0.3) is 0 Å². The molecular weight excluding hydrogens is 220 g/mol. The molecule has 70 valence electrons. The molecular formula is C9H5ClN2OS. The molecule has 0 saturated heterocycles. The summed E-state index contributed by atoms with van der Waals surface area (Å²) in [7, 11) is 0. The standard InChI is InChI=1S/C9H5ClN2OS/c10-8-7(5-13)14-9(12-8)6-2-1-3-11-4-6/h1-5H. The van der Waals surface area contributed by atoms with Crippen LogP contribution in [-0.4, -0.2) is 16.3 Å².